The molecule has 1 aromatic heterocycles. The van der Waals surface area contributed by atoms with Crippen molar-refractivity contribution in [3.05, 3.63) is 95.4 Å². The summed E-state index contributed by atoms with van der Waals surface area (Å²) in [6.07, 6.45) is 1.02. The normalized spacial score (nSPS) is 15.0. The van der Waals surface area contributed by atoms with Crippen molar-refractivity contribution in [2.24, 2.45) is 0 Å². The third kappa shape index (κ3) is 4.97. The summed E-state index contributed by atoms with van der Waals surface area (Å²) in [6.45, 7) is 0.0917. The lowest BCUT2D eigenvalue weighted by atomic mass is 10.1. The number of carbonyl (C=O) groups excluding carboxylic acids is 1. The molecule has 0 fully saturated rings. The standard InChI is InChI=1S/C25H19FN2O4S/c26-19-10-17(24-18(11-19)14-31-25(32-24)16-6-2-1-3-7-16)13-30-23(29)15-33-22-12-27-20-8-4-5-9-21(20)28-22/h1-12,25H,13-15H2. The first-order valence-corrected chi connectivity index (χ1v) is 11.3. The van der Waals surface area contributed by atoms with Gasteiger partial charge in [-0.2, -0.15) is 0 Å². The van der Waals surface area contributed by atoms with Gasteiger partial charge in [0.05, 0.1) is 29.6 Å². The van der Waals surface area contributed by atoms with Crippen LogP contribution in [0.15, 0.2) is 78.0 Å². The fourth-order valence-corrected chi connectivity index (χ4v) is 4.14. The van der Waals surface area contributed by atoms with Gasteiger partial charge in [-0.1, -0.05) is 54.2 Å². The molecule has 166 valence electrons. The molecule has 5 rings (SSSR count). The minimum atomic E-state index is -0.611. The minimum Gasteiger partial charge on any atom is -0.460 e. The molecule has 0 saturated carbocycles. The Labute approximate surface area is 193 Å². The van der Waals surface area contributed by atoms with Crippen LogP contribution >= 0.6 is 11.8 Å². The molecule has 1 aliphatic heterocycles. The summed E-state index contributed by atoms with van der Waals surface area (Å²) in [5.41, 5.74) is 3.43. The summed E-state index contributed by atoms with van der Waals surface area (Å²) in [5, 5.41) is 0.625. The van der Waals surface area contributed by atoms with E-state index in [2.05, 4.69) is 9.97 Å². The molecule has 0 aliphatic carbocycles. The summed E-state index contributed by atoms with van der Waals surface area (Å²) in [5.74, 6) is -0.343. The van der Waals surface area contributed by atoms with E-state index >= 15 is 0 Å². The smallest absolute Gasteiger partial charge is 0.316 e. The number of hydrogen-bond donors (Lipinski definition) is 0. The zero-order valence-electron chi connectivity index (χ0n) is 17.4. The fourth-order valence-electron chi connectivity index (χ4n) is 3.50. The molecule has 6 nitrogen and oxygen atoms in total. The van der Waals surface area contributed by atoms with Gasteiger partial charge in [-0.15, -0.1) is 0 Å². The summed E-state index contributed by atoms with van der Waals surface area (Å²) in [7, 11) is 0. The number of rotatable bonds is 6. The van der Waals surface area contributed by atoms with E-state index in [0.717, 1.165) is 16.6 Å². The van der Waals surface area contributed by atoms with Crippen LogP contribution in [0.4, 0.5) is 4.39 Å². The summed E-state index contributed by atoms with van der Waals surface area (Å²) in [4.78, 5) is 21.2. The zero-order valence-corrected chi connectivity index (χ0v) is 18.3. The van der Waals surface area contributed by atoms with E-state index in [1.54, 1.807) is 6.20 Å². The Morgan fingerprint density at radius 1 is 1.09 bits per heavy atom. The number of hydrogen-bond acceptors (Lipinski definition) is 7. The molecular weight excluding hydrogens is 443 g/mol. The van der Waals surface area contributed by atoms with E-state index in [0.29, 0.717) is 21.9 Å². The lowest BCUT2D eigenvalue weighted by Gasteiger charge is -2.28. The van der Waals surface area contributed by atoms with Crippen molar-refractivity contribution in [3.8, 4) is 5.75 Å². The average Bonchev–Trinajstić information content (AvgIpc) is 2.86. The van der Waals surface area contributed by atoms with Crippen molar-refractivity contribution < 1.29 is 23.4 Å². The van der Waals surface area contributed by atoms with Crippen molar-refractivity contribution >= 4 is 28.8 Å². The van der Waals surface area contributed by atoms with Crippen molar-refractivity contribution in [2.75, 3.05) is 5.75 Å². The number of nitrogens with zero attached hydrogens (tertiary/aromatic N) is 2. The van der Waals surface area contributed by atoms with Gasteiger partial charge in [-0.05, 0) is 24.3 Å². The summed E-state index contributed by atoms with van der Waals surface area (Å²) >= 11 is 1.23. The van der Waals surface area contributed by atoms with Crippen LogP contribution in [0.25, 0.3) is 11.0 Å². The molecule has 0 amide bonds. The number of benzene rings is 3. The van der Waals surface area contributed by atoms with Crippen LogP contribution in [0.3, 0.4) is 0 Å². The highest BCUT2D eigenvalue weighted by Gasteiger charge is 2.25. The van der Waals surface area contributed by atoms with E-state index in [-0.39, 0.29) is 19.0 Å². The molecule has 33 heavy (non-hydrogen) atoms. The highest BCUT2D eigenvalue weighted by Crippen LogP contribution is 2.36. The van der Waals surface area contributed by atoms with Crippen molar-refractivity contribution in [1.29, 1.82) is 0 Å². The Kier molecular flexibility index (Phi) is 6.19. The first-order chi connectivity index (χ1) is 16.2. The molecule has 8 heteroatoms. The van der Waals surface area contributed by atoms with Crippen LogP contribution in [0.2, 0.25) is 0 Å². The number of fused-ring (bicyclic) bond motifs is 2. The van der Waals surface area contributed by atoms with E-state index < -0.39 is 18.1 Å². The molecule has 0 N–H and O–H groups in total. The molecule has 0 spiro atoms. The van der Waals surface area contributed by atoms with Crippen molar-refractivity contribution in [2.45, 2.75) is 24.5 Å². The third-order valence-electron chi connectivity index (χ3n) is 5.05. The minimum absolute atomic E-state index is 0.0567. The highest BCUT2D eigenvalue weighted by atomic mass is 32.2. The number of aromatic nitrogens is 2. The number of esters is 1. The zero-order chi connectivity index (χ0) is 22.6. The number of carbonyl (C=O) groups is 1. The summed E-state index contributed by atoms with van der Waals surface area (Å²) in [6, 6.07) is 19.7. The predicted molar refractivity (Wildman–Crippen MR) is 121 cm³/mol. The van der Waals surface area contributed by atoms with E-state index in [1.165, 1.54) is 23.9 Å². The first-order valence-electron chi connectivity index (χ1n) is 10.3. The van der Waals surface area contributed by atoms with Gasteiger partial charge in [-0.25, -0.2) is 9.37 Å². The van der Waals surface area contributed by atoms with Gasteiger partial charge in [-0.3, -0.25) is 9.78 Å². The Balaban J connectivity index is 1.24. The largest absolute Gasteiger partial charge is 0.460 e. The molecule has 4 aromatic rings. The maximum atomic E-state index is 14.1. The van der Waals surface area contributed by atoms with E-state index in [1.807, 2.05) is 54.6 Å². The molecule has 2 heterocycles. The molecule has 1 unspecified atom stereocenters. The van der Waals surface area contributed by atoms with Crippen LogP contribution in [-0.4, -0.2) is 21.7 Å². The van der Waals surface area contributed by atoms with Gasteiger partial charge >= 0.3 is 5.97 Å². The number of para-hydroxylation sites is 2. The average molecular weight is 463 g/mol. The molecule has 3 aromatic carbocycles. The maximum absolute atomic E-state index is 14.1. The van der Waals surface area contributed by atoms with Crippen LogP contribution in [-0.2, 0) is 27.5 Å². The Morgan fingerprint density at radius 3 is 2.73 bits per heavy atom. The Hall–Kier alpha value is -3.49. The number of halogens is 1. The summed E-state index contributed by atoms with van der Waals surface area (Å²) < 4.78 is 31.3. The number of thioether (sulfide) groups is 1. The predicted octanol–water partition coefficient (Wildman–Crippen LogP) is 5.21. The Bertz CT molecular complexity index is 1300. The molecule has 0 radical (unpaired) electrons. The topological polar surface area (TPSA) is 70.5 Å². The molecular formula is C25H19FN2O4S. The fraction of sp³-hybridized carbons (Fsp3) is 0.160. The first kappa shape index (κ1) is 21.4. The van der Waals surface area contributed by atoms with Crippen LogP contribution < -0.4 is 4.74 Å². The van der Waals surface area contributed by atoms with Crippen LogP contribution in [0, 0.1) is 5.82 Å². The van der Waals surface area contributed by atoms with Gasteiger partial charge in [0.2, 0.25) is 6.29 Å². The van der Waals surface area contributed by atoms with Crippen molar-refractivity contribution in [1.82, 2.24) is 9.97 Å². The highest BCUT2D eigenvalue weighted by molar-refractivity contribution is 7.99. The second-order valence-corrected chi connectivity index (χ2v) is 8.37. The second kappa shape index (κ2) is 9.56. The quantitative estimate of drug-likeness (QED) is 0.288. The van der Waals surface area contributed by atoms with Crippen LogP contribution in [0.5, 0.6) is 5.75 Å². The molecule has 0 bridgehead atoms. The van der Waals surface area contributed by atoms with Gasteiger partial charge < -0.3 is 14.2 Å². The molecule has 0 saturated heterocycles. The van der Waals surface area contributed by atoms with Gasteiger partial charge in [0.1, 0.15) is 23.2 Å². The molecule has 1 atom stereocenters. The van der Waals surface area contributed by atoms with Gasteiger partial charge in [0.25, 0.3) is 0 Å². The van der Waals surface area contributed by atoms with Crippen molar-refractivity contribution in [3.63, 3.8) is 0 Å². The lowest BCUT2D eigenvalue weighted by Crippen LogP contribution is -2.20. The van der Waals surface area contributed by atoms with E-state index in [9.17, 15) is 9.18 Å². The monoisotopic (exact) mass is 462 g/mol. The second-order valence-electron chi connectivity index (χ2n) is 7.37. The SMILES string of the molecule is O=C(CSc1cnc2ccccc2n1)OCc1cc(F)cc2c1OC(c1ccccc1)OC2. The maximum Gasteiger partial charge on any atom is 0.316 e. The third-order valence-corrected chi connectivity index (χ3v) is 5.92. The van der Waals surface area contributed by atoms with Crippen LogP contribution in [0.1, 0.15) is 23.0 Å². The van der Waals surface area contributed by atoms with Gasteiger partial charge in [0, 0.05) is 16.7 Å². The molecule has 1 aliphatic rings. The Morgan fingerprint density at radius 2 is 1.88 bits per heavy atom. The van der Waals surface area contributed by atoms with E-state index in [4.69, 9.17) is 14.2 Å². The van der Waals surface area contributed by atoms with Gasteiger partial charge in [0.15, 0.2) is 0 Å². The number of ether oxygens (including phenoxy) is 3. The lowest BCUT2D eigenvalue weighted by molar-refractivity contribution is -0.142.